The maximum Gasteiger partial charge on any atom is 0.410 e. The normalized spacial score (nSPS) is 14.4. The van der Waals surface area contributed by atoms with Crippen LogP contribution in [0.2, 0.25) is 5.15 Å². The summed E-state index contributed by atoms with van der Waals surface area (Å²) in [5, 5.41) is 7.68. The number of amides is 1. The number of piperazine rings is 1. The minimum atomic E-state index is -0.476. The van der Waals surface area contributed by atoms with Crippen LogP contribution in [-0.2, 0) is 4.74 Å². The van der Waals surface area contributed by atoms with Crippen LogP contribution in [0.1, 0.15) is 31.9 Å². The first-order chi connectivity index (χ1) is 15.2. The van der Waals surface area contributed by atoms with Crippen molar-refractivity contribution in [2.45, 2.75) is 26.4 Å². The lowest BCUT2D eigenvalue weighted by atomic mass is 10.2. The molecule has 2 aromatic rings. The van der Waals surface area contributed by atoms with Gasteiger partial charge in [-0.05, 0) is 45.0 Å². The second kappa shape index (κ2) is 10.5. The van der Waals surface area contributed by atoms with Gasteiger partial charge >= 0.3 is 6.09 Å². The van der Waals surface area contributed by atoms with Crippen molar-refractivity contribution in [2.75, 3.05) is 45.1 Å². The summed E-state index contributed by atoms with van der Waals surface area (Å²) in [6.45, 7) is 9.82. The Morgan fingerprint density at radius 2 is 1.91 bits per heavy atom. The third-order valence-corrected chi connectivity index (χ3v) is 4.85. The molecule has 1 fully saturated rings. The molecule has 2 heterocycles. The smallest absolute Gasteiger partial charge is 0.410 e. The minimum Gasteiger partial charge on any atom is -0.492 e. The number of aromatic nitrogens is 2. The highest BCUT2D eigenvalue weighted by atomic mass is 35.5. The van der Waals surface area contributed by atoms with E-state index in [4.69, 9.17) is 26.8 Å². The summed E-state index contributed by atoms with van der Waals surface area (Å²) >= 11 is 5.85. The zero-order valence-corrected chi connectivity index (χ0v) is 19.4. The molecule has 32 heavy (non-hydrogen) atoms. The fourth-order valence-electron chi connectivity index (χ4n) is 3.05. The highest BCUT2D eigenvalue weighted by Crippen LogP contribution is 2.15. The van der Waals surface area contributed by atoms with Crippen molar-refractivity contribution in [3.8, 4) is 17.6 Å². The van der Waals surface area contributed by atoms with Crippen LogP contribution in [0.5, 0.6) is 5.75 Å². The Morgan fingerprint density at radius 1 is 1.16 bits per heavy atom. The monoisotopic (exact) mass is 457 g/mol. The number of halogens is 1. The summed E-state index contributed by atoms with van der Waals surface area (Å²) in [5.41, 5.74) is 6.62. The first-order valence-corrected chi connectivity index (χ1v) is 10.8. The quantitative estimate of drug-likeness (QED) is 0.705. The highest BCUT2D eigenvalue weighted by molar-refractivity contribution is 6.29. The fraction of sp³-hybridized carbons (Fsp3) is 0.435. The number of nitrogens with zero attached hydrogens (tertiary/aromatic N) is 4. The van der Waals surface area contributed by atoms with Crippen LogP contribution < -0.4 is 10.5 Å². The summed E-state index contributed by atoms with van der Waals surface area (Å²) in [6, 6.07) is 9.13. The van der Waals surface area contributed by atoms with E-state index in [1.807, 2.05) is 45.0 Å². The number of hydrogen-bond donors (Lipinski definition) is 1. The standard InChI is InChI=1S/C23H28ClN5O3/c1-23(2,3)32-22(30)29-11-9-28(10-12-29)13-14-31-19-6-4-5-17(15-19)7-8-18-16-20(24)26-27-21(18)25/h4-6,15-16H,9-14H2,1-3H3,(H2,25,27). The molecule has 0 bridgehead atoms. The Bertz CT molecular complexity index is 1000. The number of nitrogen functional groups attached to an aromatic ring is 1. The van der Waals surface area contributed by atoms with Crippen LogP contribution in [0.15, 0.2) is 30.3 Å². The SMILES string of the molecule is CC(C)(C)OC(=O)N1CCN(CCOc2cccc(C#Cc3cc(Cl)nnc3N)c2)CC1. The zero-order valence-electron chi connectivity index (χ0n) is 18.6. The predicted molar refractivity (Wildman–Crippen MR) is 124 cm³/mol. The van der Waals surface area contributed by atoms with E-state index < -0.39 is 5.60 Å². The van der Waals surface area contributed by atoms with Crippen LogP contribution in [-0.4, -0.2) is 71.0 Å². The zero-order chi connectivity index (χ0) is 23.1. The van der Waals surface area contributed by atoms with Crippen molar-refractivity contribution in [1.29, 1.82) is 0 Å². The van der Waals surface area contributed by atoms with Gasteiger partial charge in [-0.15, -0.1) is 10.2 Å². The number of nitrogens with two attached hydrogens (primary N) is 1. The molecule has 0 saturated carbocycles. The van der Waals surface area contributed by atoms with Crippen molar-refractivity contribution in [3.63, 3.8) is 0 Å². The minimum absolute atomic E-state index is 0.237. The number of anilines is 1. The molecule has 0 unspecified atom stereocenters. The average Bonchev–Trinajstić information content (AvgIpc) is 2.74. The molecule has 1 aliphatic rings. The van der Waals surface area contributed by atoms with Gasteiger partial charge in [0.25, 0.3) is 0 Å². The van der Waals surface area contributed by atoms with E-state index in [2.05, 4.69) is 26.9 Å². The first-order valence-electron chi connectivity index (χ1n) is 10.4. The van der Waals surface area contributed by atoms with E-state index in [9.17, 15) is 4.79 Å². The molecule has 0 radical (unpaired) electrons. The van der Waals surface area contributed by atoms with Gasteiger partial charge in [0.05, 0.1) is 5.56 Å². The molecule has 0 aliphatic carbocycles. The molecule has 1 aliphatic heterocycles. The second-order valence-corrected chi connectivity index (χ2v) is 8.79. The lowest BCUT2D eigenvalue weighted by Gasteiger charge is -2.35. The van der Waals surface area contributed by atoms with Crippen LogP contribution in [0.3, 0.4) is 0 Å². The Labute approximate surface area is 193 Å². The Hall–Kier alpha value is -3.02. The van der Waals surface area contributed by atoms with Gasteiger partial charge in [0.2, 0.25) is 0 Å². The topological polar surface area (TPSA) is 93.8 Å². The van der Waals surface area contributed by atoms with Gasteiger partial charge in [-0.25, -0.2) is 4.79 Å². The van der Waals surface area contributed by atoms with Crippen molar-refractivity contribution < 1.29 is 14.3 Å². The third-order valence-electron chi connectivity index (χ3n) is 4.67. The van der Waals surface area contributed by atoms with Crippen LogP contribution in [0, 0.1) is 11.8 Å². The first kappa shape index (κ1) is 23.6. The molecule has 2 N–H and O–H groups in total. The molecule has 0 spiro atoms. The largest absolute Gasteiger partial charge is 0.492 e. The number of carbonyl (C=O) groups is 1. The van der Waals surface area contributed by atoms with Gasteiger partial charge in [0, 0.05) is 38.3 Å². The van der Waals surface area contributed by atoms with E-state index in [1.54, 1.807) is 11.0 Å². The molecular weight excluding hydrogens is 430 g/mol. The molecule has 0 atom stereocenters. The maximum atomic E-state index is 12.2. The fourth-order valence-corrected chi connectivity index (χ4v) is 3.20. The number of ether oxygens (including phenoxy) is 2. The molecule has 8 nitrogen and oxygen atoms in total. The lowest BCUT2D eigenvalue weighted by molar-refractivity contribution is 0.0137. The Kier molecular flexibility index (Phi) is 7.78. The summed E-state index contributed by atoms with van der Waals surface area (Å²) in [7, 11) is 0. The van der Waals surface area contributed by atoms with Crippen LogP contribution in [0.25, 0.3) is 0 Å². The van der Waals surface area contributed by atoms with Crippen molar-refractivity contribution >= 4 is 23.5 Å². The molecule has 1 aromatic heterocycles. The summed E-state index contributed by atoms with van der Waals surface area (Å²) < 4.78 is 11.3. The number of carbonyl (C=O) groups excluding carboxylic acids is 1. The molecule has 1 aromatic carbocycles. The second-order valence-electron chi connectivity index (χ2n) is 8.40. The van der Waals surface area contributed by atoms with E-state index >= 15 is 0 Å². The van der Waals surface area contributed by atoms with Gasteiger partial charge in [0.1, 0.15) is 18.0 Å². The summed E-state index contributed by atoms with van der Waals surface area (Å²) in [5.74, 6) is 6.98. The van der Waals surface area contributed by atoms with Crippen molar-refractivity contribution in [2.24, 2.45) is 0 Å². The number of benzene rings is 1. The predicted octanol–water partition coefficient (Wildman–Crippen LogP) is 3.04. The van der Waals surface area contributed by atoms with Gasteiger partial charge in [-0.1, -0.05) is 29.5 Å². The van der Waals surface area contributed by atoms with Gasteiger partial charge in [-0.3, -0.25) is 4.90 Å². The van der Waals surface area contributed by atoms with E-state index in [1.165, 1.54) is 0 Å². The number of rotatable bonds is 4. The summed E-state index contributed by atoms with van der Waals surface area (Å²) in [4.78, 5) is 16.2. The highest BCUT2D eigenvalue weighted by Gasteiger charge is 2.25. The van der Waals surface area contributed by atoms with E-state index in [0.29, 0.717) is 25.3 Å². The molecular formula is C23H28ClN5O3. The number of hydrogen-bond acceptors (Lipinski definition) is 7. The van der Waals surface area contributed by atoms with Gasteiger partial charge < -0.3 is 20.1 Å². The molecule has 170 valence electrons. The van der Waals surface area contributed by atoms with Crippen LogP contribution in [0.4, 0.5) is 10.6 Å². The van der Waals surface area contributed by atoms with Crippen molar-refractivity contribution in [3.05, 3.63) is 46.6 Å². The molecule has 1 amide bonds. The average molecular weight is 458 g/mol. The van der Waals surface area contributed by atoms with Crippen molar-refractivity contribution in [1.82, 2.24) is 20.0 Å². The molecule has 3 rings (SSSR count). The van der Waals surface area contributed by atoms with Gasteiger partial charge in [0.15, 0.2) is 11.0 Å². The maximum absolute atomic E-state index is 12.2. The van der Waals surface area contributed by atoms with Gasteiger partial charge in [-0.2, -0.15) is 0 Å². The summed E-state index contributed by atoms with van der Waals surface area (Å²) in [6.07, 6.45) is -0.252. The van der Waals surface area contributed by atoms with E-state index in [0.717, 1.165) is 30.9 Å². The molecule has 9 heteroatoms. The Balaban J connectivity index is 1.46. The lowest BCUT2D eigenvalue weighted by Crippen LogP contribution is -2.50. The van der Waals surface area contributed by atoms with E-state index in [-0.39, 0.29) is 17.1 Å². The molecule has 1 saturated heterocycles. The Morgan fingerprint density at radius 3 is 2.62 bits per heavy atom. The third kappa shape index (κ3) is 7.29. The van der Waals surface area contributed by atoms with Crippen LogP contribution >= 0.6 is 11.6 Å².